The minimum Gasteiger partial charge on any atom is -0.354 e. The first-order valence-corrected chi connectivity index (χ1v) is 16.5. The minimum atomic E-state index is -0.921. The van der Waals surface area contributed by atoms with Gasteiger partial charge in [0.25, 0.3) is 0 Å². The molecule has 0 saturated heterocycles. The predicted octanol–water partition coefficient (Wildman–Crippen LogP) is 5.37. The second-order valence-corrected chi connectivity index (χ2v) is 13.0. The van der Waals surface area contributed by atoms with Gasteiger partial charge in [0.2, 0.25) is 17.7 Å². The Kier molecular flexibility index (Phi) is 13.0. The quantitative estimate of drug-likeness (QED) is 0.166. The van der Waals surface area contributed by atoms with Crippen molar-refractivity contribution in [2.45, 2.75) is 57.2 Å². The van der Waals surface area contributed by atoms with Crippen LogP contribution in [0.2, 0.25) is 0 Å². The van der Waals surface area contributed by atoms with Crippen LogP contribution in [0.5, 0.6) is 0 Å². The fraction of sp³-hybridized carbons (Fsp3) is 0.300. The van der Waals surface area contributed by atoms with Gasteiger partial charge in [-0.1, -0.05) is 72.8 Å². The number of aromatic nitrogens is 1. The van der Waals surface area contributed by atoms with Gasteiger partial charge in [-0.15, -0.1) is 0 Å². The summed E-state index contributed by atoms with van der Waals surface area (Å²) in [7, 11) is 3.17. The summed E-state index contributed by atoms with van der Waals surface area (Å²) in [5.74, 6) is -1.49. The number of halogens is 1. The van der Waals surface area contributed by atoms with Crippen molar-refractivity contribution in [3.63, 3.8) is 0 Å². The van der Waals surface area contributed by atoms with Gasteiger partial charge >= 0.3 is 0 Å². The lowest BCUT2D eigenvalue weighted by Gasteiger charge is -2.34. The molecule has 1 aromatic heterocycles. The number of carbonyl (C=O) groups is 3. The molecule has 0 radical (unpaired) electrons. The third-order valence-corrected chi connectivity index (χ3v) is 8.42. The molecule has 3 amide bonds. The molecule has 0 spiro atoms. The Morgan fingerprint density at radius 1 is 0.796 bits per heavy atom. The Hall–Kier alpha value is -5.15. The Labute approximate surface area is 288 Å². The highest BCUT2D eigenvalue weighted by Gasteiger charge is 2.34. The van der Waals surface area contributed by atoms with Crippen LogP contribution in [0.3, 0.4) is 0 Å². The summed E-state index contributed by atoms with van der Waals surface area (Å²) >= 11 is 0. The van der Waals surface area contributed by atoms with Crippen LogP contribution < -0.4 is 11.1 Å². The van der Waals surface area contributed by atoms with Crippen LogP contribution in [0.15, 0.2) is 116 Å². The number of amides is 3. The maximum atomic E-state index is 14.4. The molecular weight excluding hydrogens is 617 g/mol. The van der Waals surface area contributed by atoms with E-state index in [0.717, 1.165) is 22.3 Å². The Balaban J connectivity index is 1.60. The largest absolute Gasteiger partial charge is 0.354 e. The summed E-state index contributed by atoms with van der Waals surface area (Å²) < 4.78 is 13.8. The van der Waals surface area contributed by atoms with E-state index in [1.807, 2.05) is 80.6 Å². The highest BCUT2D eigenvalue weighted by atomic mass is 19.1. The summed E-state index contributed by atoms with van der Waals surface area (Å²) in [5, 5.41) is 2.97. The zero-order chi connectivity index (χ0) is 35.4. The number of hydrogen-bond donors (Lipinski definition) is 2. The second-order valence-electron chi connectivity index (χ2n) is 13.0. The molecular formula is C40H46FN5O3. The number of carbonyl (C=O) groups excluding carboxylic acids is 3. The molecule has 1 heterocycles. The van der Waals surface area contributed by atoms with Crippen molar-refractivity contribution in [1.82, 2.24) is 20.1 Å². The maximum absolute atomic E-state index is 14.4. The summed E-state index contributed by atoms with van der Waals surface area (Å²) in [6.07, 6.45) is 7.99. The number of pyridine rings is 1. The smallest absolute Gasteiger partial charge is 0.246 e. The third kappa shape index (κ3) is 11.2. The maximum Gasteiger partial charge on any atom is 0.246 e. The lowest BCUT2D eigenvalue weighted by Crippen LogP contribution is -2.56. The zero-order valence-corrected chi connectivity index (χ0v) is 28.7. The zero-order valence-electron chi connectivity index (χ0n) is 28.7. The predicted molar refractivity (Wildman–Crippen MR) is 192 cm³/mol. The second kappa shape index (κ2) is 17.3. The van der Waals surface area contributed by atoms with Crippen LogP contribution in [0.25, 0.3) is 11.1 Å². The first-order chi connectivity index (χ1) is 23.4. The van der Waals surface area contributed by atoms with E-state index in [1.165, 1.54) is 28.0 Å². The first kappa shape index (κ1) is 36.7. The molecule has 8 nitrogen and oxygen atoms in total. The molecule has 49 heavy (non-hydrogen) atoms. The van der Waals surface area contributed by atoms with Crippen molar-refractivity contribution in [3.05, 3.63) is 138 Å². The number of nitrogens with two attached hydrogens (primary N) is 1. The number of nitrogens with one attached hydrogen (secondary N) is 1. The monoisotopic (exact) mass is 663 g/mol. The molecule has 4 aromatic rings. The van der Waals surface area contributed by atoms with Gasteiger partial charge < -0.3 is 20.9 Å². The molecule has 0 bridgehead atoms. The van der Waals surface area contributed by atoms with E-state index >= 15 is 0 Å². The minimum absolute atomic E-state index is 0.158. The molecule has 0 aliphatic rings. The van der Waals surface area contributed by atoms with E-state index in [1.54, 1.807) is 44.7 Å². The van der Waals surface area contributed by atoms with Crippen LogP contribution in [0.1, 0.15) is 37.0 Å². The van der Waals surface area contributed by atoms with Crippen LogP contribution in [0.4, 0.5) is 4.39 Å². The normalized spacial score (nSPS) is 12.7. The molecule has 0 saturated carbocycles. The van der Waals surface area contributed by atoms with E-state index in [2.05, 4.69) is 10.3 Å². The lowest BCUT2D eigenvalue weighted by atomic mass is 9.98. The highest BCUT2D eigenvalue weighted by molar-refractivity contribution is 5.95. The van der Waals surface area contributed by atoms with Crippen LogP contribution in [-0.4, -0.2) is 70.8 Å². The highest BCUT2D eigenvalue weighted by Crippen LogP contribution is 2.22. The van der Waals surface area contributed by atoms with Crippen LogP contribution in [-0.2, 0) is 33.6 Å². The Bertz CT molecular complexity index is 1690. The molecule has 0 aliphatic carbocycles. The summed E-state index contributed by atoms with van der Waals surface area (Å²) in [5.41, 5.74) is 10.3. The van der Waals surface area contributed by atoms with Gasteiger partial charge in [0.15, 0.2) is 0 Å². The molecule has 3 aromatic carbocycles. The SMILES string of the molecule is CN(C(=O)/C=C/CC(C)(C)N)[C@H](Cc1ccc(-c2ccccc2)cc1)C(=O)N(C)[C@H](Cc1ccc(F)cc1)C(=O)NCCc1ccncc1. The van der Waals surface area contributed by atoms with Gasteiger partial charge in [0, 0.05) is 51.4 Å². The molecule has 256 valence electrons. The fourth-order valence-electron chi connectivity index (χ4n) is 5.45. The summed E-state index contributed by atoms with van der Waals surface area (Å²) in [6, 6.07) is 25.7. The number of hydrogen-bond acceptors (Lipinski definition) is 5. The van der Waals surface area contributed by atoms with Gasteiger partial charge in [-0.05, 0) is 84.8 Å². The van der Waals surface area contributed by atoms with Gasteiger partial charge in [-0.3, -0.25) is 19.4 Å². The number of rotatable bonds is 15. The third-order valence-electron chi connectivity index (χ3n) is 8.42. The topological polar surface area (TPSA) is 109 Å². The Morgan fingerprint density at radius 2 is 1.37 bits per heavy atom. The summed E-state index contributed by atoms with van der Waals surface area (Å²) in [4.78, 5) is 48.5. The van der Waals surface area contributed by atoms with Crippen LogP contribution in [0, 0.1) is 5.82 Å². The molecule has 0 unspecified atom stereocenters. The van der Waals surface area contributed by atoms with Gasteiger partial charge in [-0.2, -0.15) is 0 Å². The van der Waals surface area contributed by atoms with Gasteiger partial charge in [0.1, 0.15) is 17.9 Å². The van der Waals surface area contributed by atoms with Crippen molar-refractivity contribution in [1.29, 1.82) is 0 Å². The van der Waals surface area contributed by atoms with Crippen molar-refractivity contribution < 1.29 is 18.8 Å². The van der Waals surface area contributed by atoms with Crippen molar-refractivity contribution >= 4 is 17.7 Å². The molecule has 2 atom stereocenters. The fourth-order valence-corrected chi connectivity index (χ4v) is 5.45. The van der Waals surface area contributed by atoms with Crippen LogP contribution >= 0.6 is 0 Å². The molecule has 0 aliphatic heterocycles. The summed E-state index contributed by atoms with van der Waals surface area (Å²) in [6.45, 7) is 4.09. The van der Waals surface area contributed by atoms with Gasteiger partial charge in [0.05, 0.1) is 0 Å². The van der Waals surface area contributed by atoms with Crippen molar-refractivity contribution in [2.24, 2.45) is 5.73 Å². The molecule has 4 rings (SSSR count). The number of nitrogens with zero attached hydrogens (tertiary/aromatic N) is 3. The molecule has 3 N–H and O–H groups in total. The van der Waals surface area contributed by atoms with E-state index in [9.17, 15) is 18.8 Å². The number of benzene rings is 3. The average Bonchev–Trinajstić information content (AvgIpc) is 3.10. The van der Waals surface area contributed by atoms with E-state index in [-0.39, 0.29) is 24.7 Å². The van der Waals surface area contributed by atoms with E-state index in [4.69, 9.17) is 5.73 Å². The van der Waals surface area contributed by atoms with E-state index in [0.29, 0.717) is 24.9 Å². The van der Waals surface area contributed by atoms with Gasteiger partial charge in [-0.25, -0.2) is 4.39 Å². The number of likely N-dealkylation sites (N-methyl/N-ethyl adjacent to an activating group) is 2. The standard InChI is InChI=1S/C40H46FN5O3/c1-40(2,42)23-8-11-37(47)45(3)36(28-30-12-16-33(17-13-30)32-9-6-5-7-10-32)39(49)46(4)35(27-31-14-18-34(41)19-15-31)38(48)44-26-22-29-20-24-43-25-21-29/h5-21,24-25,35-36H,22-23,26-28,42H2,1-4H3,(H,44,48)/b11-8+/t35-,36-/m1/s1. The Morgan fingerprint density at radius 3 is 1.98 bits per heavy atom. The first-order valence-electron chi connectivity index (χ1n) is 16.5. The van der Waals surface area contributed by atoms with E-state index < -0.39 is 29.3 Å². The molecule has 9 heteroatoms. The average molecular weight is 664 g/mol. The van der Waals surface area contributed by atoms with Crippen molar-refractivity contribution in [2.75, 3.05) is 20.6 Å². The van der Waals surface area contributed by atoms with Crippen molar-refractivity contribution in [3.8, 4) is 11.1 Å². The molecule has 0 fully saturated rings. The lowest BCUT2D eigenvalue weighted by molar-refractivity contribution is -0.146.